The Morgan fingerprint density at radius 2 is 1.95 bits per heavy atom. The second kappa shape index (κ2) is 7.34. The quantitative estimate of drug-likeness (QED) is 0.765. The van der Waals surface area contributed by atoms with E-state index in [1.165, 1.54) is 4.90 Å². The average molecular weight is 342 g/mol. The summed E-state index contributed by atoms with van der Waals surface area (Å²) in [5.41, 5.74) is 0. The highest BCUT2D eigenvalue weighted by Gasteiger charge is 2.21. The molecule has 1 fully saturated rings. The third-order valence-corrected chi connectivity index (χ3v) is 5.34. The number of hydrogen-bond donors (Lipinski definition) is 0. The normalized spacial score (nSPS) is 16.6. The van der Waals surface area contributed by atoms with Crippen LogP contribution in [0.15, 0.2) is 33.6 Å². The largest absolute Gasteiger partial charge is 0.343 e. The van der Waals surface area contributed by atoms with Gasteiger partial charge in [-0.05, 0) is 43.0 Å². The molecule has 0 N–H and O–H groups in total. The fourth-order valence-electron chi connectivity index (χ4n) is 2.32. The molecule has 4 heteroatoms. The number of rotatable bonds is 4. The van der Waals surface area contributed by atoms with E-state index in [9.17, 15) is 4.79 Å². The molecule has 1 saturated heterocycles. The van der Waals surface area contributed by atoms with Gasteiger partial charge in [-0.1, -0.05) is 22.9 Å². The summed E-state index contributed by atoms with van der Waals surface area (Å²) in [6.45, 7) is 3.83. The maximum Gasteiger partial charge on any atom is 0.222 e. The second-order valence-corrected chi connectivity index (χ2v) is 6.95. The molecule has 1 heterocycles. The number of benzene rings is 1. The maximum absolute atomic E-state index is 11.6. The fourth-order valence-corrected chi connectivity index (χ4v) is 3.67. The monoisotopic (exact) mass is 341 g/mol. The molecule has 0 aromatic heterocycles. The van der Waals surface area contributed by atoms with Crippen LogP contribution >= 0.6 is 27.7 Å². The van der Waals surface area contributed by atoms with Crippen LogP contribution in [0.5, 0.6) is 0 Å². The number of amides is 1. The van der Waals surface area contributed by atoms with Crippen molar-refractivity contribution < 1.29 is 4.79 Å². The van der Waals surface area contributed by atoms with Crippen molar-refractivity contribution >= 4 is 33.6 Å². The van der Waals surface area contributed by atoms with E-state index >= 15 is 0 Å². The lowest BCUT2D eigenvalue weighted by Crippen LogP contribution is -2.38. The molecule has 1 aromatic rings. The lowest BCUT2D eigenvalue weighted by molar-refractivity contribution is -0.132. The van der Waals surface area contributed by atoms with Crippen molar-refractivity contribution in [1.82, 2.24) is 4.90 Å². The van der Waals surface area contributed by atoms with Gasteiger partial charge in [0, 0.05) is 34.6 Å². The minimum absolute atomic E-state index is 0.305. The van der Waals surface area contributed by atoms with Crippen molar-refractivity contribution in [3.05, 3.63) is 28.7 Å². The summed E-state index contributed by atoms with van der Waals surface area (Å²) in [5.74, 6) is 2.21. The van der Waals surface area contributed by atoms with Gasteiger partial charge in [0.25, 0.3) is 0 Å². The van der Waals surface area contributed by atoms with Gasteiger partial charge in [-0.15, -0.1) is 11.8 Å². The summed E-state index contributed by atoms with van der Waals surface area (Å²) in [6.07, 6.45) is 2.93. The summed E-state index contributed by atoms with van der Waals surface area (Å²) in [4.78, 5) is 14.9. The van der Waals surface area contributed by atoms with E-state index in [1.54, 1.807) is 0 Å². The number of carbonyl (C=O) groups excluding carboxylic acids is 1. The van der Waals surface area contributed by atoms with Gasteiger partial charge < -0.3 is 4.90 Å². The van der Waals surface area contributed by atoms with Crippen molar-refractivity contribution in [3.8, 4) is 0 Å². The van der Waals surface area contributed by atoms with Crippen molar-refractivity contribution in [3.63, 3.8) is 0 Å². The number of carbonyl (C=O) groups is 1. The molecule has 1 aromatic carbocycles. The molecule has 2 nitrogen and oxygen atoms in total. The van der Waals surface area contributed by atoms with Crippen LogP contribution in [0.3, 0.4) is 0 Å². The van der Waals surface area contributed by atoms with Crippen LogP contribution in [0.2, 0.25) is 0 Å². The zero-order chi connectivity index (χ0) is 13.7. The standard InChI is InChI=1S/C15H20BrNOS/c1-2-15(18)17-9-7-12(8-10-17)11-19-14-5-3-13(16)4-6-14/h3-6,12H,2,7-11H2,1H3. The third kappa shape index (κ3) is 4.53. The Morgan fingerprint density at radius 1 is 1.32 bits per heavy atom. The topological polar surface area (TPSA) is 20.3 Å². The van der Waals surface area contributed by atoms with Gasteiger partial charge in [0.05, 0.1) is 0 Å². The highest BCUT2D eigenvalue weighted by Crippen LogP contribution is 2.27. The molecule has 1 amide bonds. The van der Waals surface area contributed by atoms with Crippen LogP contribution in [-0.2, 0) is 4.79 Å². The van der Waals surface area contributed by atoms with Crippen LogP contribution in [-0.4, -0.2) is 29.6 Å². The van der Waals surface area contributed by atoms with E-state index < -0.39 is 0 Å². The Hall–Kier alpha value is -0.480. The molecule has 1 aliphatic heterocycles. The molecule has 0 aliphatic carbocycles. The van der Waals surface area contributed by atoms with Crippen LogP contribution < -0.4 is 0 Å². The third-order valence-electron chi connectivity index (χ3n) is 3.57. The minimum Gasteiger partial charge on any atom is -0.343 e. The number of halogens is 1. The summed E-state index contributed by atoms with van der Waals surface area (Å²) in [7, 11) is 0. The second-order valence-electron chi connectivity index (χ2n) is 4.94. The smallest absolute Gasteiger partial charge is 0.222 e. The number of piperidine rings is 1. The summed E-state index contributed by atoms with van der Waals surface area (Å²) >= 11 is 5.38. The Bertz CT molecular complexity index is 413. The minimum atomic E-state index is 0.305. The molecular weight excluding hydrogens is 322 g/mol. The summed E-state index contributed by atoms with van der Waals surface area (Å²) in [5, 5.41) is 0. The first-order chi connectivity index (χ1) is 9.19. The Labute approximate surface area is 128 Å². The zero-order valence-corrected chi connectivity index (χ0v) is 13.7. The Morgan fingerprint density at radius 3 is 2.53 bits per heavy atom. The van der Waals surface area contributed by atoms with Crippen LogP contribution in [0.1, 0.15) is 26.2 Å². The van der Waals surface area contributed by atoms with Crippen molar-refractivity contribution in [2.75, 3.05) is 18.8 Å². The van der Waals surface area contributed by atoms with Crippen molar-refractivity contribution in [2.45, 2.75) is 31.1 Å². The average Bonchev–Trinajstić information content (AvgIpc) is 2.46. The summed E-state index contributed by atoms with van der Waals surface area (Å²) < 4.78 is 1.13. The van der Waals surface area contributed by atoms with E-state index in [1.807, 2.05) is 23.6 Å². The van der Waals surface area contributed by atoms with Crippen LogP contribution in [0, 0.1) is 5.92 Å². The fraction of sp³-hybridized carbons (Fsp3) is 0.533. The van der Waals surface area contributed by atoms with Gasteiger partial charge in [-0.3, -0.25) is 4.79 Å². The summed E-state index contributed by atoms with van der Waals surface area (Å²) in [6, 6.07) is 8.49. The molecule has 2 rings (SSSR count). The van der Waals surface area contributed by atoms with E-state index in [2.05, 4.69) is 40.2 Å². The van der Waals surface area contributed by atoms with Crippen LogP contribution in [0.4, 0.5) is 0 Å². The molecule has 0 unspecified atom stereocenters. The van der Waals surface area contributed by atoms with Crippen LogP contribution in [0.25, 0.3) is 0 Å². The highest BCUT2D eigenvalue weighted by atomic mass is 79.9. The molecule has 0 saturated carbocycles. The first-order valence-corrected chi connectivity index (χ1v) is 8.63. The predicted molar refractivity (Wildman–Crippen MR) is 84.5 cm³/mol. The lowest BCUT2D eigenvalue weighted by Gasteiger charge is -2.31. The van der Waals surface area contributed by atoms with Gasteiger partial charge in [-0.2, -0.15) is 0 Å². The molecule has 1 aliphatic rings. The molecule has 0 spiro atoms. The van der Waals surface area contributed by atoms with E-state index in [0.29, 0.717) is 12.3 Å². The number of thioether (sulfide) groups is 1. The first-order valence-electron chi connectivity index (χ1n) is 6.85. The first kappa shape index (κ1) is 14.9. The predicted octanol–water partition coefficient (Wildman–Crippen LogP) is 4.19. The lowest BCUT2D eigenvalue weighted by atomic mass is 9.99. The van der Waals surface area contributed by atoms with E-state index in [0.717, 1.165) is 42.1 Å². The zero-order valence-electron chi connectivity index (χ0n) is 11.3. The Balaban J connectivity index is 1.74. The molecule has 0 radical (unpaired) electrons. The van der Waals surface area contributed by atoms with Gasteiger partial charge in [0.2, 0.25) is 5.91 Å². The van der Waals surface area contributed by atoms with Crippen molar-refractivity contribution in [2.24, 2.45) is 5.92 Å². The molecular formula is C15H20BrNOS. The molecule has 104 valence electrons. The number of likely N-dealkylation sites (tertiary alicyclic amines) is 1. The molecule has 19 heavy (non-hydrogen) atoms. The van der Waals surface area contributed by atoms with Gasteiger partial charge in [0.1, 0.15) is 0 Å². The molecule has 0 atom stereocenters. The van der Waals surface area contributed by atoms with E-state index in [-0.39, 0.29) is 0 Å². The van der Waals surface area contributed by atoms with Gasteiger partial charge in [-0.25, -0.2) is 0 Å². The molecule has 0 bridgehead atoms. The maximum atomic E-state index is 11.6. The highest BCUT2D eigenvalue weighted by molar-refractivity contribution is 9.10. The number of nitrogens with zero attached hydrogens (tertiary/aromatic N) is 1. The van der Waals surface area contributed by atoms with E-state index in [4.69, 9.17) is 0 Å². The van der Waals surface area contributed by atoms with Crippen molar-refractivity contribution in [1.29, 1.82) is 0 Å². The SMILES string of the molecule is CCC(=O)N1CCC(CSc2ccc(Br)cc2)CC1. The van der Waals surface area contributed by atoms with Gasteiger partial charge >= 0.3 is 0 Å². The van der Waals surface area contributed by atoms with Gasteiger partial charge in [0.15, 0.2) is 0 Å². The Kier molecular flexibility index (Phi) is 5.76. The number of hydrogen-bond acceptors (Lipinski definition) is 2.